The summed E-state index contributed by atoms with van der Waals surface area (Å²) in [5.74, 6) is 0.0974. The molecule has 1 aromatic heterocycles. The lowest BCUT2D eigenvalue weighted by Crippen LogP contribution is -2.16. The van der Waals surface area contributed by atoms with Crippen LogP contribution in [0.15, 0.2) is 66.9 Å². The molecule has 0 spiro atoms. The number of halogens is 1. The predicted molar refractivity (Wildman–Crippen MR) is 99.9 cm³/mol. The van der Waals surface area contributed by atoms with Crippen LogP contribution in [0.2, 0.25) is 5.02 Å². The Balaban J connectivity index is 1.70. The van der Waals surface area contributed by atoms with Gasteiger partial charge in [-0.1, -0.05) is 41.9 Å². The normalized spacial score (nSPS) is 11.6. The van der Waals surface area contributed by atoms with Crippen molar-refractivity contribution in [3.63, 3.8) is 0 Å². The van der Waals surface area contributed by atoms with E-state index in [0.717, 1.165) is 5.56 Å². The summed E-state index contributed by atoms with van der Waals surface area (Å²) in [4.78, 5) is 20.8. The lowest BCUT2D eigenvalue weighted by atomic mass is 10.1. The highest BCUT2D eigenvalue weighted by Crippen LogP contribution is 2.17. The molecule has 126 valence electrons. The number of hydrogen-bond acceptors (Lipinski definition) is 4. The van der Waals surface area contributed by atoms with Crippen LogP contribution in [-0.4, -0.2) is 15.9 Å². The topological polar surface area (TPSA) is 66.9 Å². The van der Waals surface area contributed by atoms with Crippen LogP contribution in [0.25, 0.3) is 0 Å². The van der Waals surface area contributed by atoms with Gasteiger partial charge in [-0.3, -0.25) is 4.79 Å². The Kier molecular flexibility index (Phi) is 5.26. The molecule has 0 aliphatic carbocycles. The van der Waals surface area contributed by atoms with Crippen LogP contribution in [0.5, 0.6) is 0 Å². The molecule has 0 aliphatic heterocycles. The van der Waals surface area contributed by atoms with Gasteiger partial charge in [0.05, 0.1) is 6.04 Å². The lowest BCUT2D eigenvalue weighted by Gasteiger charge is -2.14. The minimum absolute atomic E-state index is 0.0239. The van der Waals surface area contributed by atoms with Gasteiger partial charge in [-0.15, -0.1) is 0 Å². The molecule has 1 amide bonds. The van der Waals surface area contributed by atoms with Crippen LogP contribution in [0.4, 0.5) is 11.6 Å². The van der Waals surface area contributed by atoms with Crippen LogP contribution in [0.3, 0.4) is 0 Å². The van der Waals surface area contributed by atoms with Gasteiger partial charge in [-0.25, -0.2) is 9.97 Å². The van der Waals surface area contributed by atoms with Crippen molar-refractivity contribution in [1.82, 2.24) is 9.97 Å². The van der Waals surface area contributed by atoms with Crippen molar-refractivity contribution in [3.8, 4) is 0 Å². The molecule has 2 N–H and O–H groups in total. The van der Waals surface area contributed by atoms with Crippen LogP contribution in [0, 0.1) is 0 Å². The number of hydrogen-bond donors (Lipinski definition) is 2. The number of anilines is 2. The molecule has 0 saturated heterocycles. The Bertz CT molecular complexity index is 853. The van der Waals surface area contributed by atoms with Crippen molar-refractivity contribution in [2.24, 2.45) is 0 Å². The molecule has 2 aromatic carbocycles. The van der Waals surface area contributed by atoms with Crippen molar-refractivity contribution in [1.29, 1.82) is 0 Å². The van der Waals surface area contributed by atoms with E-state index in [1.165, 1.54) is 0 Å². The Labute approximate surface area is 151 Å². The first kappa shape index (κ1) is 16.9. The number of carbonyl (C=O) groups is 1. The maximum absolute atomic E-state index is 12.3. The van der Waals surface area contributed by atoms with Gasteiger partial charge in [0.15, 0.2) is 0 Å². The van der Waals surface area contributed by atoms with Crippen molar-refractivity contribution >= 4 is 29.1 Å². The second-order valence-corrected chi connectivity index (χ2v) is 5.94. The Morgan fingerprint density at radius 3 is 2.48 bits per heavy atom. The molecule has 0 bridgehead atoms. The van der Waals surface area contributed by atoms with Gasteiger partial charge in [0.1, 0.15) is 5.69 Å². The number of nitrogens with one attached hydrogen (secondary N) is 2. The first-order chi connectivity index (χ1) is 12.1. The first-order valence-electron chi connectivity index (χ1n) is 7.83. The summed E-state index contributed by atoms with van der Waals surface area (Å²) in [6.07, 6.45) is 1.56. The Hall–Kier alpha value is -2.92. The molecule has 1 heterocycles. The van der Waals surface area contributed by atoms with Crippen molar-refractivity contribution in [3.05, 3.63) is 83.1 Å². The smallest absolute Gasteiger partial charge is 0.274 e. The fourth-order valence-electron chi connectivity index (χ4n) is 2.30. The number of rotatable bonds is 5. The zero-order chi connectivity index (χ0) is 17.6. The number of nitrogens with zero attached hydrogens (tertiary/aromatic N) is 2. The first-order valence-corrected chi connectivity index (χ1v) is 8.21. The average molecular weight is 353 g/mol. The van der Waals surface area contributed by atoms with Gasteiger partial charge in [0.25, 0.3) is 5.91 Å². The molecular weight excluding hydrogens is 336 g/mol. The van der Waals surface area contributed by atoms with Gasteiger partial charge in [0.2, 0.25) is 5.95 Å². The maximum Gasteiger partial charge on any atom is 0.274 e. The summed E-state index contributed by atoms with van der Waals surface area (Å²) < 4.78 is 0. The standard InChI is InChI=1S/C19H17ClN4O/c1-13(14-5-3-2-4-6-14)22-19-21-12-11-17(24-19)18(25)23-16-9-7-15(20)8-10-16/h2-13H,1H3,(H,23,25)(H,21,22,24). The molecule has 0 radical (unpaired) electrons. The van der Waals surface area contributed by atoms with E-state index in [2.05, 4.69) is 20.6 Å². The number of amides is 1. The third-order valence-electron chi connectivity index (χ3n) is 3.64. The molecule has 0 aliphatic rings. The fourth-order valence-corrected chi connectivity index (χ4v) is 2.43. The zero-order valence-corrected chi connectivity index (χ0v) is 14.4. The molecule has 3 aromatic rings. The van der Waals surface area contributed by atoms with E-state index in [9.17, 15) is 4.79 Å². The van der Waals surface area contributed by atoms with E-state index in [-0.39, 0.29) is 17.6 Å². The van der Waals surface area contributed by atoms with E-state index < -0.39 is 0 Å². The molecule has 3 rings (SSSR count). The average Bonchev–Trinajstić information content (AvgIpc) is 2.64. The van der Waals surface area contributed by atoms with Gasteiger partial charge in [0, 0.05) is 16.9 Å². The quantitative estimate of drug-likeness (QED) is 0.706. The second-order valence-electron chi connectivity index (χ2n) is 5.50. The maximum atomic E-state index is 12.3. The lowest BCUT2D eigenvalue weighted by molar-refractivity contribution is 0.102. The summed E-state index contributed by atoms with van der Waals surface area (Å²) in [6.45, 7) is 2.01. The molecule has 25 heavy (non-hydrogen) atoms. The zero-order valence-electron chi connectivity index (χ0n) is 13.6. The minimum atomic E-state index is -0.305. The van der Waals surface area contributed by atoms with E-state index in [0.29, 0.717) is 16.7 Å². The number of benzene rings is 2. The second kappa shape index (κ2) is 7.77. The predicted octanol–water partition coefficient (Wildman–Crippen LogP) is 4.56. The van der Waals surface area contributed by atoms with Crippen molar-refractivity contribution in [2.75, 3.05) is 10.6 Å². The summed E-state index contributed by atoms with van der Waals surface area (Å²) in [5.41, 5.74) is 2.05. The van der Waals surface area contributed by atoms with Gasteiger partial charge < -0.3 is 10.6 Å². The van der Waals surface area contributed by atoms with E-state index in [1.54, 1.807) is 36.5 Å². The molecule has 0 fully saturated rings. The summed E-state index contributed by atoms with van der Waals surface area (Å²) in [5, 5.41) is 6.60. The number of aromatic nitrogens is 2. The SMILES string of the molecule is CC(Nc1nccc(C(=O)Nc2ccc(Cl)cc2)n1)c1ccccc1. The van der Waals surface area contributed by atoms with Crippen molar-refractivity contribution in [2.45, 2.75) is 13.0 Å². The minimum Gasteiger partial charge on any atom is -0.348 e. The summed E-state index contributed by atoms with van der Waals surface area (Å²) >= 11 is 5.84. The van der Waals surface area contributed by atoms with Crippen LogP contribution >= 0.6 is 11.6 Å². The summed E-state index contributed by atoms with van der Waals surface area (Å²) in [6, 6.07) is 18.5. The van der Waals surface area contributed by atoms with Gasteiger partial charge >= 0.3 is 0 Å². The molecular formula is C19H17ClN4O. The fraction of sp³-hybridized carbons (Fsp3) is 0.105. The monoisotopic (exact) mass is 352 g/mol. The van der Waals surface area contributed by atoms with E-state index in [4.69, 9.17) is 11.6 Å². The molecule has 1 unspecified atom stereocenters. The van der Waals surface area contributed by atoms with Crippen LogP contribution in [-0.2, 0) is 0 Å². The van der Waals surface area contributed by atoms with Gasteiger partial charge in [-0.2, -0.15) is 0 Å². The highest BCUT2D eigenvalue weighted by Gasteiger charge is 2.11. The summed E-state index contributed by atoms with van der Waals surface area (Å²) in [7, 11) is 0. The van der Waals surface area contributed by atoms with Gasteiger partial charge in [-0.05, 0) is 42.8 Å². The Morgan fingerprint density at radius 1 is 1.04 bits per heavy atom. The van der Waals surface area contributed by atoms with E-state index in [1.807, 2.05) is 37.3 Å². The molecule has 1 atom stereocenters. The number of carbonyl (C=O) groups excluding carboxylic acids is 1. The van der Waals surface area contributed by atoms with E-state index >= 15 is 0 Å². The van der Waals surface area contributed by atoms with Crippen molar-refractivity contribution < 1.29 is 4.79 Å². The third kappa shape index (κ3) is 4.55. The molecule has 0 saturated carbocycles. The highest BCUT2D eigenvalue weighted by molar-refractivity contribution is 6.30. The molecule has 5 nitrogen and oxygen atoms in total. The largest absolute Gasteiger partial charge is 0.348 e. The Morgan fingerprint density at radius 2 is 1.76 bits per heavy atom. The van der Waals surface area contributed by atoms with Crippen LogP contribution in [0.1, 0.15) is 29.0 Å². The van der Waals surface area contributed by atoms with Crippen LogP contribution < -0.4 is 10.6 Å². The third-order valence-corrected chi connectivity index (χ3v) is 3.89. The molecule has 6 heteroatoms. The highest BCUT2D eigenvalue weighted by atomic mass is 35.5.